The maximum absolute atomic E-state index is 12.4. The Labute approximate surface area is 127 Å². The van der Waals surface area contributed by atoms with Crippen molar-refractivity contribution in [3.8, 4) is 0 Å². The standard InChI is InChI=1S/C17H27N3O/c1-13(17(21)19-15-9-4-3-5-10-15)20(2)16-11-7-6-8-14(16)12-18/h6-8,11,13,15H,3-5,9-10,12,18H2,1-2H3,(H,19,21). The number of benzene rings is 1. The van der Waals surface area contributed by atoms with Gasteiger partial charge in [-0.2, -0.15) is 0 Å². The van der Waals surface area contributed by atoms with Gasteiger partial charge in [0.05, 0.1) is 0 Å². The number of carbonyl (C=O) groups excluding carboxylic acids is 1. The van der Waals surface area contributed by atoms with Gasteiger partial charge in [0, 0.05) is 25.3 Å². The van der Waals surface area contributed by atoms with E-state index >= 15 is 0 Å². The van der Waals surface area contributed by atoms with Gasteiger partial charge in [0.2, 0.25) is 5.91 Å². The van der Waals surface area contributed by atoms with Crippen LogP contribution in [0.2, 0.25) is 0 Å². The first-order chi connectivity index (χ1) is 10.1. The average Bonchev–Trinajstić information content (AvgIpc) is 2.54. The third kappa shape index (κ3) is 3.97. The molecule has 1 unspecified atom stereocenters. The number of anilines is 1. The van der Waals surface area contributed by atoms with Crippen molar-refractivity contribution in [1.29, 1.82) is 0 Å². The maximum atomic E-state index is 12.4. The predicted molar refractivity (Wildman–Crippen MR) is 87.2 cm³/mol. The lowest BCUT2D eigenvalue weighted by Gasteiger charge is -2.30. The summed E-state index contributed by atoms with van der Waals surface area (Å²) in [6.07, 6.45) is 5.98. The zero-order valence-corrected chi connectivity index (χ0v) is 13.1. The number of likely N-dealkylation sites (N-methyl/N-ethyl adjacent to an activating group) is 1. The van der Waals surface area contributed by atoms with Crippen LogP contribution in [0, 0.1) is 0 Å². The number of nitrogens with zero attached hydrogens (tertiary/aromatic N) is 1. The third-order valence-electron chi connectivity index (χ3n) is 4.50. The van der Waals surface area contributed by atoms with Crippen LogP contribution >= 0.6 is 0 Å². The van der Waals surface area contributed by atoms with Crippen LogP contribution in [0.25, 0.3) is 0 Å². The Bertz CT molecular complexity index is 469. The summed E-state index contributed by atoms with van der Waals surface area (Å²) in [5.74, 6) is 0.108. The molecule has 1 aliphatic carbocycles. The highest BCUT2D eigenvalue weighted by atomic mass is 16.2. The molecule has 1 saturated carbocycles. The predicted octanol–water partition coefficient (Wildman–Crippen LogP) is 2.42. The van der Waals surface area contributed by atoms with E-state index in [1.165, 1.54) is 19.3 Å². The van der Waals surface area contributed by atoms with Gasteiger partial charge in [-0.15, -0.1) is 0 Å². The van der Waals surface area contributed by atoms with Gasteiger partial charge in [0.15, 0.2) is 0 Å². The van der Waals surface area contributed by atoms with Crippen molar-refractivity contribution in [2.75, 3.05) is 11.9 Å². The molecule has 1 amide bonds. The lowest BCUT2D eigenvalue weighted by atomic mass is 9.95. The van der Waals surface area contributed by atoms with Gasteiger partial charge in [0.25, 0.3) is 0 Å². The van der Waals surface area contributed by atoms with E-state index in [-0.39, 0.29) is 11.9 Å². The van der Waals surface area contributed by atoms with Crippen LogP contribution < -0.4 is 16.0 Å². The van der Waals surface area contributed by atoms with Crippen molar-refractivity contribution < 1.29 is 4.79 Å². The summed E-state index contributed by atoms with van der Waals surface area (Å²) >= 11 is 0. The minimum absolute atomic E-state index is 0.108. The molecule has 0 saturated heterocycles. The Kier molecular flexibility index (Phi) is 5.62. The lowest BCUT2D eigenvalue weighted by Crippen LogP contribution is -2.47. The molecular formula is C17H27N3O. The minimum Gasteiger partial charge on any atom is -0.363 e. The highest BCUT2D eigenvalue weighted by molar-refractivity contribution is 5.85. The van der Waals surface area contributed by atoms with E-state index in [0.717, 1.165) is 24.1 Å². The fraction of sp³-hybridized carbons (Fsp3) is 0.588. The number of nitrogens with two attached hydrogens (primary N) is 1. The molecule has 1 aliphatic rings. The van der Waals surface area contributed by atoms with Crippen molar-refractivity contribution in [2.45, 2.75) is 57.7 Å². The van der Waals surface area contributed by atoms with E-state index in [4.69, 9.17) is 5.73 Å². The van der Waals surface area contributed by atoms with Crippen LogP contribution in [0.5, 0.6) is 0 Å². The second-order valence-corrected chi connectivity index (χ2v) is 5.96. The molecule has 2 rings (SSSR count). The second kappa shape index (κ2) is 7.46. The number of hydrogen-bond acceptors (Lipinski definition) is 3. The van der Waals surface area contributed by atoms with Crippen LogP contribution in [0.1, 0.15) is 44.6 Å². The molecule has 116 valence electrons. The zero-order chi connectivity index (χ0) is 15.2. The van der Waals surface area contributed by atoms with E-state index in [1.54, 1.807) is 0 Å². The molecule has 0 heterocycles. The van der Waals surface area contributed by atoms with Crippen molar-refractivity contribution in [2.24, 2.45) is 5.73 Å². The molecule has 0 radical (unpaired) electrons. The highest BCUT2D eigenvalue weighted by Gasteiger charge is 2.23. The normalized spacial score (nSPS) is 17.3. The molecule has 0 spiro atoms. The highest BCUT2D eigenvalue weighted by Crippen LogP contribution is 2.21. The van der Waals surface area contributed by atoms with Gasteiger partial charge in [-0.05, 0) is 31.4 Å². The van der Waals surface area contributed by atoms with E-state index in [9.17, 15) is 4.79 Å². The Balaban J connectivity index is 2.00. The summed E-state index contributed by atoms with van der Waals surface area (Å²) < 4.78 is 0. The van der Waals surface area contributed by atoms with Crippen LogP contribution in [-0.4, -0.2) is 25.0 Å². The number of para-hydroxylation sites is 1. The molecule has 4 nitrogen and oxygen atoms in total. The maximum Gasteiger partial charge on any atom is 0.242 e. The molecule has 0 bridgehead atoms. The molecule has 1 aromatic carbocycles. The number of hydrogen-bond donors (Lipinski definition) is 2. The van der Waals surface area contributed by atoms with Crippen molar-refractivity contribution in [1.82, 2.24) is 5.32 Å². The van der Waals surface area contributed by atoms with Gasteiger partial charge < -0.3 is 16.0 Å². The van der Waals surface area contributed by atoms with Crippen molar-refractivity contribution >= 4 is 11.6 Å². The van der Waals surface area contributed by atoms with E-state index < -0.39 is 0 Å². The van der Waals surface area contributed by atoms with Gasteiger partial charge in [-0.25, -0.2) is 0 Å². The molecule has 0 aromatic heterocycles. The first-order valence-electron chi connectivity index (χ1n) is 7.94. The quantitative estimate of drug-likeness (QED) is 0.875. The molecule has 4 heteroatoms. The van der Waals surface area contributed by atoms with Crippen LogP contribution in [0.15, 0.2) is 24.3 Å². The van der Waals surface area contributed by atoms with Gasteiger partial charge in [-0.1, -0.05) is 37.5 Å². The fourth-order valence-electron chi connectivity index (χ4n) is 2.98. The summed E-state index contributed by atoms with van der Waals surface area (Å²) in [5, 5.41) is 3.19. The average molecular weight is 289 g/mol. The first kappa shape index (κ1) is 15.8. The molecule has 21 heavy (non-hydrogen) atoms. The summed E-state index contributed by atoms with van der Waals surface area (Å²) in [4.78, 5) is 14.5. The number of rotatable bonds is 5. The Morgan fingerprint density at radius 3 is 2.67 bits per heavy atom. The molecule has 0 aliphatic heterocycles. The molecule has 1 fully saturated rings. The Morgan fingerprint density at radius 1 is 1.33 bits per heavy atom. The molecule has 1 aromatic rings. The van der Waals surface area contributed by atoms with Crippen molar-refractivity contribution in [3.63, 3.8) is 0 Å². The Morgan fingerprint density at radius 2 is 2.00 bits per heavy atom. The van der Waals surface area contributed by atoms with Crippen LogP contribution in [-0.2, 0) is 11.3 Å². The Hall–Kier alpha value is -1.55. The van der Waals surface area contributed by atoms with Crippen molar-refractivity contribution in [3.05, 3.63) is 29.8 Å². The fourth-order valence-corrected chi connectivity index (χ4v) is 2.98. The van der Waals surface area contributed by atoms with Gasteiger partial charge in [-0.3, -0.25) is 4.79 Å². The topological polar surface area (TPSA) is 58.4 Å². The summed E-state index contributed by atoms with van der Waals surface area (Å²) in [6.45, 7) is 2.43. The molecule has 1 atom stereocenters. The minimum atomic E-state index is -0.195. The number of nitrogens with one attached hydrogen (secondary N) is 1. The van der Waals surface area contributed by atoms with Gasteiger partial charge >= 0.3 is 0 Å². The SMILES string of the molecule is CC(C(=O)NC1CCCCC1)N(C)c1ccccc1CN. The third-order valence-corrected chi connectivity index (χ3v) is 4.50. The number of amides is 1. The second-order valence-electron chi connectivity index (χ2n) is 5.96. The summed E-state index contributed by atoms with van der Waals surface area (Å²) in [6, 6.07) is 8.15. The lowest BCUT2D eigenvalue weighted by molar-refractivity contribution is -0.122. The first-order valence-corrected chi connectivity index (χ1v) is 7.94. The van der Waals surface area contributed by atoms with Crippen LogP contribution in [0.4, 0.5) is 5.69 Å². The molecular weight excluding hydrogens is 262 g/mol. The number of carbonyl (C=O) groups is 1. The van der Waals surface area contributed by atoms with Crippen LogP contribution in [0.3, 0.4) is 0 Å². The van der Waals surface area contributed by atoms with E-state index in [0.29, 0.717) is 12.6 Å². The molecule has 3 N–H and O–H groups in total. The summed E-state index contributed by atoms with van der Waals surface area (Å²) in [7, 11) is 1.96. The largest absolute Gasteiger partial charge is 0.363 e. The zero-order valence-electron chi connectivity index (χ0n) is 13.1. The smallest absolute Gasteiger partial charge is 0.242 e. The van der Waals surface area contributed by atoms with E-state index in [1.807, 2.05) is 43.1 Å². The summed E-state index contributed by atoms with van der Waals surface area (Å²) in [5.41, 5.74) is 7.89. The van der Waals surface area contributed by atoms with Gasteiger partial charge in [0.1, 0.15) is 6.04 Å². The van der Waals surface area contributed by atoms with E-state index in [2.05, 4.69) is 5.32 Å². The monoisotopic (exact) mass is 289 g/mol.